The fourth-order valence-electron chi connectivity index (χ4n) is 0.439. The van der Waals surface area contributed by atoms with Crippen molar-refractivity contribution in [2.24, 2.45) is 0 Å². The smallest absolute Gasteiger partial charge is 0.307 e. The van der Waals surface area contributed by atoms with E-state index in [2.05, 4.69) is 0 Å². The Bertz CT molecular complexity index is 132. The molecule has 0 aromatic carbocycles. The normalized spacial score (nSPS) is 13.8. The fraction of sp³-hybridized carbons (Fsp3) is 0.571. The number of rotatable bonds is 4. The molecule has 0 aromatic heterocycles. The SMILES string of the molecule is CSC(C)/C=C/CC(=O)O. The molecule has 0 amide bonds. The van der Waals surface area contributed by atoms with E-state index < -0.39 is 5.97 Å². The molecule has 0 bridgehead atoms. The van der Waals surface area contributed by atoms with Crippen LogP contribution in [0.1, 0.15) is 13.3 Å². The van der Waals surface area contributed by atoms with Crippen LogP contribution in [-0.2, 0) is 4.79 Å². The van der Waals surface area contributed by atoms with Gasteiger partial charge in [0, 0.05) is 5.25 Å². The zero-order valence-electron chi connectivity index (χ0n) is 6.20. The van der Waals surface area contributed by atoms with Crippen molar-refractivity contribution in [2.45, 2.75) is 18.6 Å². The summed E-state index contributed by atoms with van der Waals surface area (Å²) in [7, 11) is 0. The summed E-state index contributed by atoms with van der Waals surface area (Å²) in [5, 5.41) is 8.66. The molecule has 58 valence electrons. The molecule has 0 aliphatic rings. The third-order valence-electron chi connectivity index (χ3n) is 1.07. The predicted octanol–water partition coefficient (Wildman–Crippen LogP) is 1.77. The first-order valence-corrected chi connectivity index (χ1v) is 4.37. The molecule has 0 rings (SSSR count). The highest BCUT2D eigenvalue weighted by Gasteiger charge is 1.92. The monoisotopic (exact) mass is 160 g/mol. The second kappa shape index (κ2) is 5.35. The standard InChI is InChI=1S/C7H12O2S/c1-6(10-2)4-3-5-7(8)9/h3-4,6H,5H2,1-2H3,(H,8,9)/b4-3+. The molecule has 2 nitrogen and oxygen atoms in total. The second-order valence-electron chi connectivity index (χ2n) is 1.97. The first-order chi connectivity index (χ1) is 4.66. The quantitative estimate of drug-likeness (QED) is 0.637. The van der Waals surface area contributed by atoms with Crippen molar-refractivity contribution < 1.29 is 9.90 Å². The van der Waals surface area contributed by atoms with Crippen LogP contribution in [0, 0.1) is 0 Å². The molecule has 0 radical (unpaired) electrons. The molecule has 1 N–H and O–H groups in total. The maximum Gasteiger partial charge on any atom is 0.307 e. The Morgan fingerprint density at radius 1 is 1.80 bits per heavy atom. The van der Waals surface area contributed by atoms with Crippen LogP contribution in [-0.4, -0.2) is 22.6 Å². The van der Waals surface area contributed by atoms with Crippen LogP contribution in [0.15, 0.2) is 12.2 Å². The third kappa shape index (κ3) is 5.69. The van der Waals surface area contributed by atoms with Crippen molar-refractivity contribution in [3.05, 3.63) is 12.2 Å². The Balaban J connectivity index is 3.45. The Kier molecular flexibility index (Phi) is 5.12. The molecule has 0 aliphatic heterocycles. The van der Waals surface area contributed by atoms with Gasteiger partial charge in [0.15, 0.2) is 0 Å². The van der Waals surface area contributed by atoms with Gasteiger partial charge in [-0.3, -0.25) is 4.79 Å². The number of carboxylic acid groups (broad SMARTS) is 1. The average molecular weight is 160 g/mol. The first-order valence-electron chi connectivity index (χ1n) is 3.08. The van der Waals surface area contributed by atoms with E-state index in [1.807, 2.05) is 19.3 Å². The lowest BCUT2D eigenvalue weighted by atomic mass is 10.3. The molecule has 3 heteroatoms. The lowest BCUT2D eigenvalue weighted by Crippen LogP contribution is -1.92. The molecule has 1 unspecified atom stereocenters. The van der Waals surface area contributed by atoms with Gasteiger partial charge in [-0.15, -0.1) is 0 Å². The minimum Gasteiger partial charge on any atom is -0.481 e. The molecule has 0 saturated heterocycles. The van der Waals surface area contributed by atoms with Gasteiger partial charge < -0.3 is 5.11 Å². The minimum absolute atomic E-state index is 0.130. The third-order valence-corrected chi connectivity index (χ3v) is 1.97. The number of hydrogen-bond donors (Lipinski definition) is 1. The van der Waals surface area contributed by atoms with E-state index >= 15 is 0 Å². The summed E-state index contributed by atoms with van der Waals surface area (Å²) in [6.45, 7) is 2.03. The minimum atomic E-state index is -0.774. The molecule has 1 atom stereocenters. The van der Waals surface area contributed by atoms with Gasteiger partial charge in [-0.05, 0) is 13.2 Å². The van der Waals surface area contributed by atoms with Crippen LogP contribution in [0.3, 0.4) is 0 Å². The molecule has 0 heterocycles. The van der Waals surface area contributed by atoms with E-state index in [4.69, 9.17) is 5.11 Å². The highest BCUT2D eigenvalue weighted by atomic mass is 32.2. The van der Waals surface area contributed by atoms with Crippen LogP contribution in [0.25, 0.3) is 0 Å². The maximum atomic E-state index is 10.0. The number of thioether (sulfide) groups is 1. The highest BCUT2D eigenvalue weighted by molar-refractivity contribution is 7.99. The van der Waals surface area contributed by atoms with Crippen molar-refractivity contribution in [3.63, 3.8) is 0 Å². The number of aliphatic carboxylic acids is 1. The summed E-state index contributed by atoms with van der Waals surface area (Å²) < 4.78 is 0. The summed E-state index contributed by atoms with van der Waals surface area (Å²) >= 11 is 1.70. The highest BCUT2D eigenvalue weighted by Crippen LogP contribution is 2.05. The van der Waals surface area contributed by atoms with Crippen LogP contribution >= 0.6 is 11.8 Å². The van der Waals surface area contributed by atoms with Gasteiger partial charge in [0.05, 0.1) is 6.42 Å². The van der Waals surface area contributed by atoms with Crippen LogP contribution in [0.4, 0.5) is 0 Å². The van der Waals surface area contributed by atoms with Crippen LogP contribution in [0.5, 0.6) is 0 Å². The van der Waals surface area contributed by atoms with Crippen molar-refractivity contribution in [1.82, 2.24) is 0 Å². The van der Waals surface area contributed by atoms with E-state index in [1.54, 1.807) is 17.8 Å². The fourth-order valence-corrected chi connectivity index (χ4v) is 0.707. The molecule has 0 saturated carbocycles. The Morgan fingerprint density at radius 3 is 2.80 bits per heavy atom. The first kappa shape index (κ1) is 9.56. The van der Waals surface area contributed by atoms with E-state index in [0.29, 0.717) is 5.25 Å². The molecular formula is C7H12O2S. The molecule has 0 aliphatic carbocycles. The van der Waals surface area contributed by atoms with Crippen LogP contribution < -0.4 is 0 Å². The molecule has 0 fully saturated rings. The van der Waals surface area contributed by atoms with Crippen molar-refractivity contribution >= 4 is 17.7 Å². The lowest BCUT2D eigenvalue weighted by molar-refractivity contribution is -0.136. The molecule has 10 heavy (non-hydrogen) atoms. The van der Waals surface area contributed by atoms with Crippen molar-refractivity contribution in [1.29, 1.82) is 0 Å². The molecule has 0 spiro atoms. The van der Waals surface area contributed by atoms with Gasteiger partial charge in [0.1, 0.15) is 0 Å². The number of hydrogen-bond acceptors (Lipinski definition) is 2. The lowest BCUT2D eigenvalue weighted by Gasteiger charge is -1.97. The Hall–Kier alpha value is -0.440. The maximum absolute atomic E-state index is 10.0. The van der Waals surface area contributed by atoms with E-state index in [0.717, 1.165) is 0 Å². The van der Waals surface area contributed by atoms with Crippen molar-refractivity contribution in [3.8, 4) is 0 Å². The van der Waals surface area contributed by atoms with Gasteiger partial charge >= 0.3 is 5.97 Å². The van der Waals surface area contributed by atoms with Gasteiger partial charge in [0.25, 0.3) is 0 Å². The summed E-state index contributed by atoms with van der Waals surface area (Å²) in [5.41, 5.74) is 0. The van der Waals surface area contributed by atoms with E-state index in [1.165, 1.54) is 0 Å². The summed E-state index contributed by atoms with van der Waals surface area (Å²) in [4.78, 5) is 10.0. The summed E-state index contributed by atoms with van der Waals surface area (Å²) in [5.74, 6) is -0.774. The number of carbonyl (C=O) groups is 1. The Labute approximate surface area is 65.3 Å². The zero-order chi connectivity index (χ0) is 7.98. The zero-order valence-corrected chi connectivity index (χ0v) is 7.02. The topological polar surface area (TPSA) is 37.3 Å². The van der Waals surface area contributed by atoms with Gasteiger partial charge in [-0.25, -0.2) is 0 Å². The largest absolute Gasteiger partial charge is 0.481 e. The second-order valence-corrected chi connectivity index (χ2v) is 3.18. The van der Waals surface area contributed by atoms with Gasteiger partial charge in [-0.2, -0.15) is 11.8 Å². The van der Waals surface area contributed by atoms with Gasteiger partial charge in [-0.1, -0.05) is 12.2 Å². The summed E-state index contributed by atoms with van der Waals surface area (Å²) in [6.07, 6.45) is 5.71. The van der Waals surface area contributed by atoms with E-state index in [-0.39, 0.29) is 6.42 Å². The van der Waals surface area contributed by atoms with E-state index in [9.17, 15) is 4.79 Å². The van der Waals surface area contributed by atoms with Crippen LogP contribution in [0.2, 0.25) is 0 Å². The number of carboxylic acids is 1. The summed E-state index contributed by atoms with van der Waals surface area (Å²) in [6, 6.07) is 0. The van der Waals surface area contributed by atoms with Crippen molar-refractivity contribution in [2.75, 3.05) is 6.26 Å². The average Bonchev–Trinajstić information content (AvgIpc) is 1.87. The molecular weight excluding hydrogens is 148 g/mol. The predicted molar refractivity (Wildman–Crippen MR) is 44.4 cm³/mol. The van der Waals surface area contributed by atoms with Gasteiger partial charge in [0.2, 0.25) is 0 Å². The Morgan fingerprint density at radius 2 is 2.40 bits per heavy atom. The molecule has 0 aromatic rings.